The topological polar surface area (TPSA) is 123 Å². The Hall–Kier alpha value is -5.00. The third-order valence-corrected chi connectivity index (χ3v) is 7.84. The highest BCUT2D eigenvalue weighted by atomic mass is 32.2. The molecule has 0 bridgehead atoms. The number of carbonyl (C=O) groups is 1. The molecule has 0 radical (unpaired) electrons. The van der Waals surface area contributed by atoms with Gasteiger partial charge in [0.2, 0.25) is 15.9 Å². The normalized spacial score (nSPS) is 12.4. The molecule has 1 heterocycles. The molecule has 11 heteroatoms. The monoisotopic (exact) mass is 583 g/mol. The van der Waals surface area contributed by atoms with E-state index in [1.54, 1.807) is 24.3 Å². The number of nitrogens with zero attached hydrogens (tertiary/aromatic N) is 3. The standard InChI is InChI=1S/C31H26FN5O4S/c1-21(38)34-25-15-17-26(18-16-25)42(40,41)36-29(19-22-7-3-2-4-8-22)30-35-28-10-6-5-9-27(28)31(39)37(30)33-20-23-11-13-24(32)14-12-23/h2-18,20,29,36H,19H2,1H3,(H,34,38)/b33-20+. The van der Waals surface area contributed by atoms with Crippen molar-refractivity contribution in [3.05, 3.63) is 136 Å². The number of para-hydroxylation sites is 1. The molecule has 0 saturated heterocycles. The second kappa shape index (κ2) is 12.2. The molecule has 0 spiro atoms. The lowest BCUT2D eigenvalue weighted by atomic mass is 10.1. The molecule has 0 aliphatic heterocycles. The second-order valence-electron chi connectivity index (χ2n) is 9.47. The van der Waals surface area contributed by atoms with Gasteiger partial charge >= 0.3 is 0 Å². The Morgan fingerprint density at radius 2 is 1.62 bits per heavy atom. The molecule has 0 saturated carbocycles. The maximum absolute atomic E-state index is 13.7. The van der Waals surface area contributed by atoms with Crippen molar-refractivity contribution < 1.29 is 17.6 Å². The zero-order valence-electron chi connectivity index (χ0n) is 22.4. The van der Waals surface area contributed by atoms with E-state index in [0.717, 1.165) is 10.2 Å². The van der Waals surface area contributed by atoms with Crippen LogP contribution in [0.1, 0.15) is 29.9 Å². The molecular formula is C31H26FN5O4S. The van der Waals surface area contributed by atoms with Crippen LogP contribution in [-0.4, -0.2) is 30.2 Å². The van der Waals surface area contributed by atoms with Gasteiger partial charge in [0.1, 0.15) is 5.82 Å². The van der Waals surface area contributed by atoms with E-state index in [0.29, 0.717) is 22.2 Å². The third kappa shape index (κ3) is 6.65. The zero-order chi connectivity index (χ0) is 29.7. The summed E-state index contributed by atoms with van der Waals surface area (Å²) in [5, 5.41) is 7.28. The van der Waals surface area contributed by atoms with E-state index in [1.165, 1.54) is 61.7 Å². The van der Waals surface area contributed by atoms with Crippen molar-refractivity contribution in [3.8, 4) is 0 Å². The van der Waals surface area contributed by atoms with Crippen molar-refractivity contribution >= 4 is 38.7 Å². The minimum absolute atomic E-state index is 0.0424. The number of halogens is 1. The highest BCUT2D eigenvalue weighted by Crippen LogP contribution is 2.23. The van der Waals surface area contributed by atoms with Crippen LogP contribution in [0.3, 0.4) is 0 Å². The molecule has 0 aliphatic rings. The summed E-state index contributed by atoms with van der Waals surface area (Å²) in [6, 6.07) is 26.2. The van der Waals surface area contributed by atoms with E-state index in [2.05, 4.69) is 15.1 Å². The molecule has 1 aromatic heterocycles. The van der Waals surface area contributed by atoms with Crippen LogP contribution < -0.4 is 15.6 Å². The highest BCUT2D eigenvalue weighted by Gasteiger charge is 2.27. The first-order chi connectivity index (χ1) is 20.2. The Kier molecular flexibility index (Phi) is 8.32. The summed E-state index contributed by atoms with van der Waals surface area (Å²) in [5.41, 5.74) is 1.65. The van der Waals surface area contributed by atoms with Crippen molar-refractivity contribution in [2.75, 3.05) is 5.32 Å². The average Bonchev–Trinajstić information content (AvgIpc) is 2.97. The maximum Gasteiger partial charge on any atom is 0.282 e. The number of hydrogen-bond acceptors (Lipinski definition) is 6. The van der Waals surface area contributed by atoms with Crippen LogP contribution >= 0.6 is 0 Å². The summed E-state index contributed by atoms with van der Waals surface area (Å²) in [7, 11) is -4.14. The fourth-order valence-corrected chi connectivity index (χ4v) is 5.56. The van der Waals surface area contributed by atoms with Gasteiger partial charge in [0, 0.05) is 12.6 Å². The quantitative estimate of drug-likeness (QED) is 0.245. The van der Waals surface area contributed by atoms with Crippen molar-refractivity contribution in [2.45, 2.75) is 24.3 Å². The lowest BCUT2D eigenvalue weighted by Crippen LogP contribution is -2.35. The summed E-state index contributed by atoms with van der Waals surface area (Å²) in [5.74, 6) is -0.632. The van der Waals surface area contributed by atoms with Crippen LogP contribution in [0.5, 0.6) is 0 Å². The number of sulfonamides is 1. The maximum atomic E-state index is 13.7. The van der Waals surface area contributed by atoms with E-state index >= 15 is 0 Å². The predicted octanol–water partition coefficient (Wildman–Crippen LogP) is 4.64. The molecule has 9 nitrogen and oxygen atoms in total. The lowest BCUT2D eigenvalue weighted by Gasteiger charge is -2.21. The van der Waals surface area contributed by atoms with Gasteiger partial charge in [-0.1, -0.05) is 54.6 Å². The van der Waals surface area contributed by atoms with E-state index < -0.39 is 27.4 Å². The Morgan fingerprint density at radius 1 is 0.952 bits per heavy atom. The number of anilines is 1. The van der Waals surface area contributed by atoms with Crippen molar-refractivity contribution in [1.82, 2.24) is 14.4 Å². The van der Waals surface area contributed by atoms with Crippen LogP contribution in [0.4, 0.5) is 10.1 Å². The van der Waals surface area contributed by atoms with Gasteiger partial charge in [-0.2, -0.15) is 9.78 Å². The molecule has 5 aromatic rings. The van der Waals surface area contributed by atoms with Crippen LogP contribution in [0.15, 0.2) is 118 Å². The third-order valence-electron chi connectivity index (χ3n) is 6.35. The Labute approximate surface area is 241 Å². The molecule has 42 heavy (non-hydrogen) atoms. The van der Waals surface area contributed by atoms with E-state index in [1.807, 2.05) is 30.3 Å². The minimum atomic E-state index is -4.14. The number of carbonyl (C=O) groups excluding carboxylic acids is 1. The van der Waals surface area contributed by atoms with Gasteiger partial charge in [0.05, 0.1) is 28.1 Å². The highest BCUT2D eigenvalue weighted by molar-refractivity contribution is 7.89. The molecule has 5 rings (SSSR count). The zero-order valence-corrected chi connectivity index (χ0v) is 23.3. The van der Waals surface area contributed by atoms with Gasteiger partial charge in [0.25, 0.3) is 5.56 Å². The fourth-order valence-electron chi connectivity index (χ4n) is 4.36. The molecule has 0 fully saturated rings. The lowest BCUT2D eigenvalue weighted by molar-refractivity contribution is -0.114. The summed E-state index contributed by atoms with van der Waals surface area (Å²) in [6.07, 6.45) is 1.54. The van der Waals surface area contributed by atoms with Crippen molar-refractivity contribution in [1.29, 1.82) is 0 Å². The summed E-state index contributed by atoms with van der Waals surface area (Å²) >= 11 is 0. The Balaban J connectivity index is 1.62. The first-order valence-corrected chi connectivity index (χ1v) is 14.4. The first-order valence-electron chi connectivity index (χ1n) is 13.0. The van der Waals surface area contributed by atoms with Gasteiger partial charge in [0.15, 0.2) is 5.82 Å². The van der Waals surface area contributed by atoms with E-state index in [-0.39, 0.29) is 23.0 Å². The molecule has 1 atom stereocenters. The van der Waals surface area contributed by atoms with Crippen LogP contribution in [0.25, 0.3) is 10.9 Å². The van der Waals surface area contributed by atoms with Crippen molar-refractivity contribution in [3.63, 3.8) is 0 Å². The number of benzene rings is 4. The minimum Gasteiger partial charge on any atom is -0.326 e. The van der Waals surface area contributed by atoms with Crippen molar-refractivity contribution in [2.24, 2.45) is 5.10 Å². The molecule has 0 aliphatic carbocycles. The SMILES string of the molecule is CC(=O)Nc1ccc(S(=O)(=O)NC(Cc2ccccc2)c2nc3ccccc3c(=O)n2/N=C/c2ccc(F)cc2)cc1. The molecule has 1 amide bonds. The predicted molar refractivity (Wildman–Crippen MR) is 159 cm³/mol. The number of hydrogen-bond donors (Lipinski definition) is 2. The summed E-state index contributed by atoms with van der Waals surface area (Å²) < 4.78 is 44.5. The van der Waals surface area contributed by atoms with Gasteiger partial charge < -0.3 is 5.32 Å². The second-order valence-corrected chi connectivity index (χ2v) is 11.2. The van der Waals surface area contributed by atoms with Gasteiger partial charge in [-0.3, -0.25) is 9.59 Å². The van der Waals surface area contributed by atoms with Gasteiger partial charge in [-0.15, -0.1) is 0 Å². The molecule has 1 unspecified atom stereocenters. The average molecular weight is 584 g/mol. The number of amides is 1. The van der Waals surface area contributed by atoms with Crippen LogP contribution in [-0.2, 0) is 21.2 Å². The summed E-state index contributed by atoms with van der Waals surface area (Å²) in [4.78, 5) is 29.7. The number of nitrogens with one attached hydrogen (secondary N) is 2. The van der Waals surface area contributed by atoms with E-state index in [4.69, 9.17) is 4.98 Å². The fraction of sp³-hybridized carbons (Fsp3) is 0.0968. The molecule has 2 N–H and O–H groups in total. The number of rotatable bonds is 9. The van der Waals surface area contributed by atoms with Crippen LogP contribution in [0.2, 0.25) is 0 Å². The molecule has 212 valence electrons. The first kappa shape index (κ1) is 28.5. The van der Waals surface area contributed by atoms with E-state index in [9.17, 15) is 22.4 Å². The molecule has 4 aromatic carbocycles. The largest absolute Gasteiger partial charge is 0.326 e. The molecular weight excluding hydrogens is 557 g/mol. The summed E-state index contributed by atoms with van der Waals surface area (Å²) in [6.45, 7) is 1.36. The Bertz CT molecular complexity index is 1930. The number of aromatic nitrogens is 2. The smallest absolute Gasteiger partial charge is 0.282 e. The Morgan fingerprint density at radius 3 is 2.31 bits per heavy atom. The van der Waals surface area contributed by atoms with Gasteiger partial charge in [-0.05, 0) is 66.1 Å². The van der Waals surface area contributed by atoms with Crippen LogP contribution in [0, 0.1) is 5.82 Å². The number of fused-ring (bicyclic) bond motifs is 1. The van der Waals surface area contributed by atoms with Gasteiger partial charge in [-0.25, -0.2) is 22.5 Å².